The van der Waals surface area contributed by atoms with Gasteiger partial charge in [0, 0.05) is 17.5 Å². The van der Waals surface area contributed by atoms with Crippen LogP contribution in [-0.4, -0.2) is 21.6 Å². The Morgan fingerprint density at radius 2 is 1.73 bits per heavy atom. The molecule has 0 saturated carbocycles. The second-order valence-electron chi connectivity index (χ2n) is 6.90. The van der Waals surface area contributed by atoms with Gasteiger partial charge in [0.25, 0.3) is 5.91 Å². The fourth-order valence-electron chi connectivity index (χ4n) is 3.28. The van der Waals surface area contributed by atoms with Gasteiger partial charge < -0.3 is 11.1 Å². The number of primary amides is 1. The first-order valence-electron chi connectivity index (χ1n) is 9.38. The number of nitrogens with zero attached hydrogens (tertiary/aromatic N) is 2. The molecule has 0 bridgehead atoms. The second-order valence-corrected chi connectivity index (χ2v) is 6.90. The van der Waals surface area contributed by atoms with Crippen LogP contribution < -0.4 is 11.1 Å². The molecule has 0 atom stereocenters. The molecule has 4 aromatic rings. The van der Waals surface area contributed by atoms with Crippen molar-refractivity contribution >= 4 is 22.7 Å². The van der Waals surface area contributed by atoms with Gasteiger partial charge in [-0.1, -0.05) is 42.5 Å². The van der Waals surface area contributed by atoms with Crippen molar-refractivity contribution in [3.05, 3.63) is 101 Å². The van der Waals surface area contributed by atoms with Gasteiger partial charge in [0.05, 0.1) is 12.1 Å². The molecule has 0 aliphatic carbocycles. The van der Waals surface area contributed by atoms with E-state index in [0.29, 0.717) is 17.8 Å². The van der Waals surface area contributed by atoms with Gasteiger partial charge in [0.1, 0.15) is 5.82 Å². The summed E-state index contributed by atoms with van der Waals surface area (Å²) in [5, 5.41) is 8.07. The summed E-state index contributed by atoms with van der Waals surface area (Å²) in [6.07, 6.45) is 0. The number of benzene rings is 3. The SMILES string of the molecule is NC(=O)c1cccc(CNC(=O)c2nn(Cc3ccc(F)cc3)c3ccccc23)c1. The van der Waals surface area contributed by atoms with Crippen LogP contribution in [0.15, 0.2) is 72.8 Å². The van der Waals surface area contributed by atoms with E-state index in [0.717, 1.165) is 22.0 Å². The summed E-state index contributed by atoms with van der Waals surface area (Å²) in [6.45, 7) is 0.647. The number of hydrogen-bond donors (Lipinski definition) is 2. The van der Waals surface area contributed by atoms with Crippen molar-refractivity contribution < 1.29 is 14.0 Å². The van der Waals surface area contributed by atoms with Crippen LogP contribution in [0.3, 0.4) is 0 Å². The van der Waals surface area contributed by atoms with Crippen LogP contribution in [0, 0.1) is 5.82 Å². The van der Waals surface area contributed by atoms with E-state index in [1.165, 1.54) is 12.1 Å². The van der Waals surface area contributed by atoms with Crippen LogP contribution >= 0.6 is 0 Å². The third kappa shape index (κ3) is 4.05. The molecule has 0 aliphatic rings. The maximum absolute atomic E-state index is 13.2. The molecule has 150 valence electrons. The number of aromatic nitrogens is 2. The Kier molecular flexibility index (Phi) is 5.26. The molecule has 0 radical (unpaired) electrons. The van der Waals surface area contributed by atoms with Gasteiger partial charge >= 0.3 is 0 Å². The second kappa shape index (κ2) is 8.16. The average molecular weight is 402 g/mol. The number of para-hydroxylation sites is 1. The standard InChI is InChI=1S/C23H19FN4O2/c24-18-10-8-15(9-11-18)14-28-20-7-2-1-6-19(20)21(27-28)23(30)26-13-16-4-3-5-17(12-16)22(25)29/h1-12H,13-14H2,(H2,25,29)(H,26,30). The Bertz CT molecular complexity index is 1230. The van der Waals surface area contributed by atoms with Crippen molar-refractivity contribution in [1.82, 2.24) is 15.1 Å². The zero-order valence-electron chi connectivity index (χ0n) is 16.0. The van der Waals surface area contributed by atoms with Crippen molar-refractivity contribution in [2.24, 2.45) is 5.73 Å². The van der Waals surface area contributed by atoms with Gasteiger partial charge in [-0.05, 0) is 41.5 Å². The number of rotatable bonds is 6. The third-order valence-electron chi connectivity index (χ3n) is 4.78. The largest absolute Gasteiger partial charge is 0.366 e. The zero-order chi connectivity index (χ0) is 21.1. The number of nitrogens with one attached hydrogen (secondary N) is 1. The fraction of sp³-hybridized carbons (Fsp3) is 0.0870. The monoisotopic (exact) mass is 402 g/mol. The van der Waals surface area contributed by atoms with E-state index in [1.807, 2.05) is 24.3 Å². The first-order valence-corrected chi connectivity index (χ1v) is 9.38. The molecule has 1 aromatic heterocycles. The normalized spacial score (nSPS) is 10.8. The minimum Gasteiger partial charge on any atom is -0.366 e. The lowest BCUT2D eigenvalue weighted by molar-refractivity contribution is 0.0946. The van der Waals surface area contributed by atoms with E-state index in [1.54, 1.807) is 41.1 Å². The lowest BCUT2D eigenvalue weighted by atomic mass is 10.1. The highest BCUT2D eigenvalue weighted by molar-refractivity contribution is 6.04. The molecule has 2 amide bonds. The minimum absolute atomic E-state index is 0.235. The van der Waals surface area contributed by atoms with Crippen LogP contribution in [-0.2, 0) is 13.1 Å². The topological polar surface area (TPSA) is 90.0 Å². The van der Waals surface area contributed by atoms with Crippen molar-refractivity contribution in [1.29, 1.82) is 0 Å². The highest BCUT2D eigenvalue weighted by Crippen LogP contribution is 2.20. The van der Waals surface area contributed by atoms with E-state index in [9.17, 15) is 14.0 Å². The Balaban J connectivity index is 1.57. The van der Waals surface area contributed by atoms with Gasteiger partial charge in [0.15, 0.2) is 5.69 Å². The van der Waals surface area contributed by atoms with Crippen LogP contribution in [0.4, 0.5) is 4.39 Å². The number of hydrogen-bond acceptors (Lipinski definition) is 3. The third-order valence-corrected chi connectivity index (χ3v) is 4.78. The maximum atomic E-state index is 13.2. The number of carbonyl (C=O) groups excluding carboxylic acids is 2. The maximum Gasteiger partial charge on any atom is 0.272 e. The molecule has 0 saturated heterocycles. The summed E-state index contributed by atoms with van der Waals surface area (Å²) in [5.41, 5.74) is 8.44. The summed E-state index contributed by atoms with van der Waals surface area (Å²) in [4.78, 5) is 24.2. The van der Waals surface area contributed by atoms with Crippen LogP contribution in [0.2, 0.25) is 0 Å². The predicted molar refractivity (Wildman–Crippen MR) is 111 cm³/mol. The highest BCUT2D eigenvalue weighted by Gasteiger charge is 2.17. The molecule has 6 nitrogen and oxygen atoms in total. The number of amides is 2. The average Bonchev–Trinajstić information content (AvgIpc) is 3.12. The van der Waals surface area contributed by atoms with Gasteiger partial charge in [-0.3, -0.25) is 14.3 Å². The molecular formula is C23H19FN4O2. The van der Waals surface area contributed by atoms with E-state index < -0.39 is 5.91 Å². The van der Waals surface area contributed by atoms with Crippen LogP contribution in [0.25, 0.3) is 10.9 Å². The fourth-order valence-corrected chi connectivity index (χ4v) is 3.28. The molecular weight excluding hydrogens is 383 g/mol. The number of halogens is 1. The van der Waals surface area contributed by atoms with Gasteiger partial charge in [0.2, 0.25) is 5.91 Å². The molecule has 0 spiro atoms. The van der Waals surface area contributed by atoms with Crippen molar-refractivity contribution in [2.75, 3.05) is 0 Å². The Morgan fingerprint density at radius 3 is 2.50 bits per heavy atom. The Hall–Kier alpha value is -4.00. The molecule has 0 fully saturated rings. The lowest BCUT2D eigenvalue weighted by Crippen LogP contribution is -2.24. The molecule has 1 heterocycles. The summed E-state index contributed by atoms with van der Waals surface area (Å²) < 4.78 is 14.9. The smallest absolute Gasteiger partial charge is 0.272 e. The number of nitrogens with two attached hydrogens (primary N) is 1. The van der Waals surface area contributed by atoms with Crippen molar-refractivity contribution in [3.63, 3.8) is 0 Å². The van der Waals surface area contributed by atoms with E-state index in [4.69, 9.17) is 5.73 Å². The lowest BCUT2D eigenvalue weighted by Gasteiger charge is -2.05. The first kappa shape index (κ1) is 19.3. The van der Waals surface area contributed by atoms with Crippen LogP contribution in [0.5, 0.6) is 0 Å². The van der Waals surface area contributed by atoms with Gasteiger partial charge in [-0.15, -0.1) is 0 Å². The molecule has 7 heteroatoms. The quantitative estimate of drug-likeness (QED) is 0.519. The molecule has 3 N–H and O–H groups in total. The first-order chi connectivity index (χ1) is 14.5. The van der Waals surface area contributed by atoms with Crippen molar-refractivity contribution in [2.45, 2.75) is 13.1 Å². The molecule has 4 rings (SSSR count). The molecule has 0 aliphatic heterocycles. The summed E-state index contributed by atoms with van der Waals surface area (Å²) in [5.74, 6) is -1.15. The molecule has 0 unspecified atom stereocenters. The summed E-state index contributed by atoms with van der Waals surface area (Å²) in [6, 6.07) is 20.4. The molecule has 3 aromatic carbocycles. The Labute approximate surface area is 172 Å². The highest BCUT2D eigenvalue weighted by atomic mass is 19.1. The van der Waals surface area contributed by atoms with Crippen molar-refractivity contribution in [3.8, 4) is 0 Å². The van der Waals surface area contributed by atoms with Gasteiger partial charge in [-0.2, -0.15) is 5.10 Å². The zero-order valence-corrected chi connectivity index (χ0v) is 16.0. The summed E-state index contributed by atoms with van der Waals surface area (Å²) in [7, 11) is 0. The minimum atomic E-state index is -0.520. The molecule has 30 heavy (non-hydrogen) atoms. The van der Waals surface area contributed by atoms with E-state index in [-0.39, 0.29) is 18.3 Å². The van der Waals surface area contributed by atoms with E-state index in [2.05, 4.69) is 10.4 Å². The van der Waals surface area contributed by atoms with Gasteiger partial charge in [-0.25, -0.2) is 4.39 Å². The summed E-state index contributed by atoms with van der Waals surface area (Å²) >= 11 is 0. The van der Waals surface area contributed by atoms with Crippen LogP contribution in [0.1, 0.15) is 32.0 Å². The Morgan fingerprint density at radius 1 is 0.967 bits per heavy atom. The predicted octanol–water partition coefficient (Wildman–Crippen LogP) is 3.25. The number of carbonyl (C=O) groups is 2. The number of fused-ring (bicyclic) bond motifs is 1. The van der Waals surface area contributed by atoms with E-state index >= 15 is 0 Å².